The highest BCUT2D eigenvalue weighted by atomic mass is 15.2. The van der Waals surface area contributed by atoms with Crippen LogP contribution in [0.1, 0.15) is 62.9 Å². The van der Waals surface area contributed by atoms with Crippen LogP contribution in [0.15, 0.2) is 12.3 Å². The van der Waals surface area contributed by atoms with Crippen molar-refractivity contribution in [3.8, 4) is 0 Å². The van der Waals surface area contributed by atoms with E-state index in [4.69, 9.17) is 9.97 Å². The molecule has 0 spiro atoms. The monoisotopic (exact) mass is 286 g/mol. The summed E-state index contributed by atoms with van der Waals surface area (Å²) >= 11 is 0. The van der Waals surface area contributed by atoms with E-state index in [2.05, 4.69) is 36.7 Å². The molecule has 114 valence electrons. The first kappa shape index (κ1) is 14.5. The van der Waals surface area contributed by atoms with Crippen LogP contribution in [0, 0.1) is 6.92 Å². The summed E-state index contributed by atoms with van der Waals surface area (Å²) in [6.07, 6.45) is 6.61. The van der Waals surface area contributed by atoms with Gasteiger partial charge in [-0.15, -0.1) is 0 Å². The first-order valence-corrected chi connectivity index (χ1v) is 8.29. The molecule has 1 N–H and O–H groups in total. The molecule has 1 saturated heterocycles. The summed E-state index contributed by atoms with van der Waals surface area (Å²) in [6.45, 7) is 8.81. The molecule has 3 rings (SSSR count). The molecule has 3 heterocycles. The average molecular weight is 286 g/mol. The number of hydrogen-bond donors (Lipinski definition) is 1. The van der Waals surface area contributed by atoms with Gasteiger partial charge >= 0.3 is 0 Å². The first-order chi connectivity index (χ1) is 10.2. The Kier molecular flexibility index (Phi) is 4.24. The Bertz CT molecular complexity index is 607. The van der Waals surface area contributed by atoms with Crippen molar-refractivity contribution >= 4 is 11.2 Å². The molecule has 1 fully saturated rings. The van der Waals surface area contributed by atoms with Gasteiger partial charge < -0.3 is 9.88 Å². The van der Waals surface area contributed by atoms with Crippen molar-refractivity contribution < 1.29 is 0 Å². The summed E-state index contributed by atoms with van der Waals surface area (Å²) in [5.41, 5.74) is 3.33. The van der Waals surface area contributed by atoms with Gasteiger partial charge in [-0.05, 0) is 57.3 Å². The lowest BCUT2D eigenvalue weighted by atomic mass is 10.0. The Labute approximate surface area is 127 Å². The molecule has 0 aliphatic carbocycles. The number of nitrogens with one attached hydrogen (secondary N) is 1. The molecule has 4 heteroatoms. The smallest absolute Gasteiger partial charge is 0.160 e. The molecule has 0 aromatic carbocycles. The quantitative estimate of drug-likeness (QED) is 0.934. The van der Waals surface area contributed by atoms with Gasteiger partial charge in [-0.1, -0.05) is 13.8 Å². The second kappa shape index (κ2) is 6.14. The van der Waals surface area contributed by atoms with Crippen LogP contribution in [0.25, 0.3) is 11.2 Å². The molecule has 0 bridgehead atoms. The van der Waals surface area contributed by atoms with Crippen LogP contribution in [0.3, 0.4) is 0 Å². The normalized spacial score (nSPS) is 17.0. The van der Waals surface area contributed by atoms with Gasteiger partial charge in [-0.25, -0.2) is 9.97 Å². The highest BCUT2D eigenvalue weighted by Gasteiger charge is 2.25. The van der Waals surface area contributed by atoms with E-state index in [1.807, 2.05) is 6.20 Å². The van der Waals surface area contributed by atoms with Crippen molar-refractivity contribution in [2.45, 2.75) is 58.4 Å². The number of pyridine rings is 1. The highest BCUT2D eigenvalue weighted by molar-refractivity contribution is 5.72. The Morgan fingerprint density at radius 2 is 2.00 bits per heavy atom. The highest BCUT2D eigenvalue weighted by Crippen LogP contribution is 2.32. The molecular formula is C17H26N4. The Morgan fingerprint density at radius 1 is 1.29 bits per heavy atom. The third-order valence-electron chi connectivity index (χ3n) is 4.72. The first-order valence-electron chi connectivity index (χ1n) is 8.29. The third kappa shape index (κ3) is 2.69. The Hall–Kier alpha value is -1.42. The predicted molar refractivity (Wildman–Crippen MR) is 86.7 cm³/mol. The fourth-order valence-corrected chi connectivity index (χ4v) is 3.47. The molecule has 0 saturated carbocycles. The number of fused-ring (bicyclic) bond motifs is 1. The third-order valence-corrected chi connectivity index (χ3v) is 4.72. The second-order valence-corrected chi connectivity index (χ2v) is 6.19. The summed E-state index contributed by atoms with van der Waals surface area (Å²) in [7, 11) is 0. The predicted octanol–water partition coefficient (Wildman–Crippen LogP) is 3.57. The van der Waals surface area contributed by atoms with Gasteiger partial charge in [0.05, 0.1) is 0 Å². The topological polar surface area (TPSA) is 42.7 Å². The number of aromatic nitrogens is 3. The zero-order chi connectivity index (χ0) is 14.8. The molecule has 0 amide bonds. The minimum Gasteiger partial charge on any atom is -0.317 e. The molecule has 1 aliphatic heterocycles. The average Bonchev–Trinajstić information content (AvgIpc) is 2.87. The fraction of sp³-hybridized carbons (Fsp3) is 0.647. The summed E-state index contributed by atoms with van der Waals surface area (Å²) in [5.74, 6) is 1.79. The number of piperidine rings is 1. The molecule has 2 aromatic heterocycles. The van der Waals surface area contributed by atoms with Crippen LogP contribution < -0.4 is 5.32 Å². The van der Waals surface area contributed by atoms with Crippen LogP contribution >= 0.6 is 0 Å². The molecule has 0 radical (unpaired) electrons. The lowest BCUT2D eigenvalue weighted by Crippen LogP contribution is -2.30. The Morgan fingerprint density at radius 3 is 2.67 bits per heavy atom. The minimum absolute atomic E-state index is 0.536. The van der Waals surface area contributed by atoms with Crippen molar-refractivity contribution in [2.75, 3.05) is 13.1 Å². The van der Waals surface area contributed by atoms with Crippen molar-refractivity contribution in [1.29, 1.82) is 0 Å². The minimum atomic E-state index is 0.536. The molecule has 1 aliphatic rings. The molecule has 0 atom stereocenters. The van der Waals surface area contributed by atoms with E-state index in [1.54, 1.807) is 0 Å². The largest absolute Gasteiger partial charge is 0.317 e. The van der Waals surface area contributed by atoms with Crippen molar-refractivity contribution in [1.82, 2.24) is 19.9 Å². The van der Waals surface area contributed by atoms with E-state index in [0.29, 0.717) is 12.0 Å². The lowest BCUT2D eigenvalue weighted by molar-refractivity contribution is 0.357. The molecule has 4 nitrogen and oxygen atoms in total. The van der Waals surface area contributed by atoms with Crippen LogP contribution in [-0.2, 0) is 0 Å². The number of imidazole rings is 1. The summed E-state index contributed by atoms with van der Waals surface area (Å²) in [6, 6.07) is 2.72. The summed E-state index contributed by atoms with van der Waals surface area (Å²) < 4.78 is 2.45. The fourth-order valence-electron chi connectivity index (χ4n) is 3.47. The maximum Gasteiger partial charge on any atom is 0.160 e. The van der Waals surface area contributed by atoms with Gasteiger partial charge in [0.25, 0.3) is 0 Å². The van der Waals surface area contributed by atoms with Crippen molar-refractivity contribution in [2.24, 2.45) is 0 Å². The van der Waals surface area contributed by atoms with E-state index in [0.717, 1.165) is 37.1 Å². The maximum absolute atomic E-state index is 4.97. The molecule has 2 aromatic rings. The van der Waals surface area contributed by atoms with Gasteiger partial charge in [-0.3, -0.25) is 0 Å². The van der Waals surface area contributed by atoms with Gasteiger partial charge in [0.1, 0.15) is 11.3 Å². The number of hydrogen-bond acceptors (Lipinski definition) is 3. The van der Waals surface area contributed by atoms with E-state index in [1.165, 1.54) is 24.2 Å². The van der Waals surface area contributed by atoms with E-state index in [-0.39, 0.29) is 0 Å². The maximum atomic E-state index is 4.97. The number of aryl methyl sites for hydroxylation is 1. The van der Waals surface area contributed by atoms with E-state index < -0.39 is 0 Å². The summed E-state index contributed by atoms with van der Waals surface area (Å²) in [4.78, 5) is 9.68. The lowest BCUT2D eigenvalue weighted by Gasteiger charge is -2.27. The Balaban J connectivity index is 2.14. The molecular weight excluding hydrogens is 260 g/mol. The second-order valence-electron chi connectivity index (χ2n) is 6.19. The molecule has 21 heavy (non-hydrogen) atoms. The zero-order valence-corrected chi connectivity index (χ0v) is 13.4. The van der Waals surface area contributed by atoms with Crippen molar-refractivity contribution in [3.05, 3.63) is 23.7 Å². The van der Waals surface area contributed by atoms with Gasteiger partial charge in [0.2, 0.25) is 0 Å². The van der Waals surface area contributed by atoms with Gasteiger partial charge in [-0.2, -0.15) is 0 Å². The van der Waals surface area contributed by atoms with Crippen LogP contribution in [0.2, 0.25) is 0 Å². The van der Waals surface area contributed by atoms with Crippen LogP contribution in [-0.4, -0.2) is 27.6 Å². The molecule has 0 unspecified atom stereocenters. The van der Waals surface area contributed by atoms with E-state index >= 15 is 0 Å². The van der Waals surface area contributed by atoms with Crippen LogP contribution in [0.5, 0.6) is 0 Å². The zero-order valence-electron chi connectivity index (χ0n) is 13.4. The summed E-state index contributed by atoms with van der Waals surface area (Å²) in [5, 5.41) is 3.46. The van der Waals surface area contributed by atoms with Crippen LogP contribution in [0.4, 0.5) is 0 Å². The van der Waals surface area contributed by atoms with Gasteiger partial charge in [0.15, 0.2) is 5.65 Å². The standard InChI is InChI=1S/C17H26N4/c1-4-13(5-2)16-20-15-10-12(3)11-19-17(15)21(16)14-6-8-18-9-7-14/h10-11,13-14,18H,4-9H2,1-3H3. The number of nitrogens with zero attached hydrogens (tertiary/aromatic N) is 3. The number of rotatable bonds is 4. The SMILES string of the molecule is CCC(CC)c1nc2cc(C)cnc2n1C1CCNCC1. The van der Waals surface area contributed by atoms with Crippen molar-refractivity contribution in [3.63, 3.8) is 0 Å². The van der Waals surface area contributed by atoms with Gasteiger partial charge in [0, 0.05) is 18.2 Å². The van der Waals surface area contributed by atoms with E-state index in [9.17, 15) is 0 Å².